The van der Waals surface area contributed by atoms with Gasteiger partial charge >= 0.3 is 12.6 Å². The molecule has 6 nitrogen and oxygen atoms in total. The highest BCUT2D eigenvalue weighted by molar-refractivity contribution is 6.34. The monoisotopic (exact) mass is 475 g/mol. The van der Waals surface area contributed by atoms with E-state index in [1.165, 1.54) is 11.0 Å². The molecular weight excluding hydrogens is 456 g/mol. The largest absolute Gasteiger partial charge is 0.492 e. The highest BCUT2D eigenvalue weighted by Crippen LogP contribution is 2.47. The van der Waals surface area contributed by atoms with E-state index in [4.69, 9.17) is 26.2 Å². The molecule has 9 heteroatoms. The van der Waals surface area contributed by atoms with E-state index in [-0.39, 0.29) is 34.9 Å². The highest BCUT2D eigenvalue weighted by atomic mass is 35.5. The number of carboxylic acid groups (broad SMARTS) is 1. The van der Waals surface area contributed by atoms with Gasteiger partial charge in [-0.1, -0.05) is 48.9 Å². The molecule has 4 rings (SSSR count). The van der Waals surface area contributed by atoms with Crippen molar-refractivity contribution in [3.05, 3.63) is 64.2 Å². The number of rotatable bonds is 8. The number of benzene rings is 3. The van der Waals surface area contributed by atoms with Crippen molar-refractivity contribution in [3.63, 3.8) is 0 Å². The Morgan fingerprint density at radius 3 is 2.48 bits per heavy atom. The summed E-state index contributed by atoms with van der Waals surface area (Å²) in [5.41, 5.74) is 1.25. The van der Waals surface area contributed by atoms with Crippen LogP contribution >= 0.6 is 11.6 Å². The van der Waals surface area contributed by atoms with Crippen molar-refractivity contribution < 1.29 is 33.0 Å². The zero-order chi connectivity index (χ0) is 23.7. The molecular formula is C24H20ClF2NO5. The van der Waals surface area contributed by atoms with E-state index < -0.39 is 18.5 Å². The van der Waals surface area contributed by atoms with Crippen LogP contribution in [0.1, 0.15) is 34.8 Å². The molecule has 0 radical (unpaired) electrons. The summed E-state index contributed by atoms with van der Waals surface area (Å²) in [5, 5.41) is 10.1. The molecule has 1 aliphatic rings. The summed E-state index contributed by atoms with van der Waals surface area (Å²) in [6, 6.07) is 11.4. The van der Waals surface area contributed by atoms with Crippen molar-refractivity contribution in [3.8, 4) is 11.5 Å². The van der Waals surface area contributed by atoms with Crippen LogP contribution in [0.3, 0.4) is 0 Å². The first-order valence-electron chi connectivity index (χ1n) is 10.3. The topological polar surface area (TPSA) is 76.1 Å². The molecule has 0 bridgehead atoms. The number of carboxylic acids is 1. The van der Waals surface area contributed by atoms with Gasteiger partial charge in [0.1, 0.15) is 11.5 Å². The Kier molecular flexibility index (Phi) is 6.37. The lowest BCUT2D eigenvalue weighted by molar-refractivity contribution is -0.136. The molecule has 0 spiro atoms. The molecule has 0 unspecified atom stereocenters. The Labute approximate surface area is 193 Å². The predicted octanol–water partition coefficient (Wildman–Crippen LogP) is 5.67. The van der Waals surface area contributed by atoms with Gasteiger partial charge in [-0.25, -0.2) is 0 Å². The summed E-state index contributed by atoms with van der Waals surface area (Å²) < 4.78 is 37.5. The minimum absolute atomic E-state index is 0.0540. The Morgan fingerprint density at radius 1 is 1.18 bits per heavy atom. The fourth-order valence-corrected chi connectivity index (χ4v) is 4.30. The van der Waals surface area contributed by atoms with E-state index in [1.54, 1.807) is 36.4 Å². The maximum absolute atomic E-state index is 13.5. The zero-order valence-electron chi connectivity index (χ0n) is 17.6. The smallest absolute Gasteiger partial charge is 0.387 e. The van der Waals surface area contributed by atoms with Crippen LogP contribution in [0.4, 0.5) is 14.5 Å². The maximum Gasteiger partial charge on any atom is 0.387 e. The summed E-state index contributed by atoms with van der Waals surface area (Å²) in [4.78, 5) is 25.9. The Balaban J connectivity index is 1.87. The Morgan fingerprint density at radius 2 is 1.88 bits per heavy atom. The van der Waals surface area contributed by atoms with Crippen LogP contribution in [0.2, 0.25) is 5.02 Å². The van der Waals surface area contributed by atoms with Gasteiger partial charge in [-0.05, 0) is 24.1 Å². The summed E-state index contributed by atoms with van der Waals surface area (Å²) in [7, 11) is 0. The summed E-state index contributed by atoms with van der Waals surface area (Å²) >= 11 is 6.38. The van der Waals surface area contributed by atoms with E-state index in [0.29, 0.717) is 40.8 Å². The third kappa shape index (κ3) is 4.30. The predicted molar refractivity (Wildman–Crippen MR) is 120 cm³/mol. The van der Waals surface area contributed by atoms with Gasteiger partial charge in [0.15, 0.2) is 0 Å². The minimum atomic E-state index is -3.08. The molecule has 0 atom stereocenters. The Bertz CT molecular complexity index is 1250. The molecule has 0 fully saturated rings. The quantitative estimate of drug-likeness (QED) is 0.454. The third-order valence-corrected chi connectivity index (χ3v) is 5.61. The number of carbonyl (C=O) groups is 2. The number of hydrogen-bond donors (Lipinski definition) is 1. The second-order valence-corrected chi connectivity index (χ2v) is 7.94. The molecule has 0 aliphatic carbocycles. The number of carbonyl (C=O) groups excluding carboxylic acids is 1. The average Bonchev–Trinajstić information content (AvgIpc) is 3.10. The first-order chi connectivity index (χ1) is 15.8. The lowest BCUT2D eigenvalue weighted by Gasteiger charge is -2.18. The van der Waals surface area contributed by atoms with E-state index in [1.807, 2.05) is 6.92 Å². The lowest BCUT2D eigenvalue weighted by atomic mass is 9.99. The molecule has 1 N–H and O–H groups in total. The molecule has 172 valence electrons. The van der Waals surface area contributed by atoms with Gasteiger partial charge in [0.05, 0.1) is 35.8 Å². The number of amides is 1. The molecule has 1 amide bonds. The van der Waals surface area contributed by atoms with Gasteiger partial charge in [0.2, 0.25) is 0 Å². The van der Waals surface area contributed by atoms with Crippen LogP contribution in [0, 0.1) is 0 Å². The number of alkyl halides is 2. The van der Waals surface area contributed by atoms with E-state index in [9.17, 15) is 18.4 Å². The number of fused-ring (bicyclic) bond motifs is 2. The van der Waals surface area contributed by atoms with E-state index >= 15 is 0 Å². The van der Waals surface area contributed by atoms with Crippen LogP contribution < -0.4 is 14.4 Å². The molecule has 1 heterocycles. The number of halogens is 3. The normalized spacial score (nSPS) is 13.0. The standard InChI is InChI=1S/C24H20ClF2NO5/c1-2-9-32-22-15-6-4-3-5-14(15)21(33-24(26)27)16-12-28(23(31)20(16)22)18-8-7-13(10-17(18)25)11-19(29)30/h3-8,10,24H,2,9,11-12H2,1H3,(H,29,30). The summed E-state index contributed by atoms with van der Waals surface area (Å²) in [6.45, 7) is -0.878. The van der Waals surface area contributed by atoms with Crippen molar-refractivity contribution in [2.75, 3.05) is 11.5 Å². The SMILES string of the molecule is CCCOc1c2c(c(OC(F)F)c3ccccc13)CN(c1ccc(CC(=O)O)cc1Cl)C2=O. The third-order valence-electron chi connectivity index (χ3n) is 5.31. The highest BCUT2D eigenvalue weighted by Gasteiger charge is 2.38. The molecule has 3 aromatic carbocycles. The first kappa shape index (κ1) is 22.8. The second kappa shape index (κ2) is 9.23. The van der Waals surface area contributed by atoms with Gasteiger partial charge < -0.3 is 19.5 Å². The van der Waals surface area contributed by atoms with E-state index in [2.05, 4.69) is 0 Å². The van der Waals surface area contributed by atoms with Gasteiger partial charge in [0.25, 0.3) is 5.91 Å². The molecule has 0 aromatic heterocycles. The molecule has 0 saturated heterocycles. The van der Waals surface area contributed by atoms with Gasteiger partial charge in [-0.2, -0.15) is 8.78 Å². The van der Waals surface area contributed by atoms with Gasteiger partial charge in [0, 0.05) is 16.3 Å². The van der Waals surface area contributed by atoms with Crippen molar-refractivity contribution >= 4 is 39.9 Å². The molecule has 33 heavy (non-hydrogen) atoms. The number of nitrogens with zero attached hydrogens (tertiary/aromatic N) is 1. The minimum Gasteiger partial charge on any atom is -0.492 e. The van der Waals surface area contributed by atoms with Crippen LogP contribution in [0.25, 0.3) is 10.8 Å². The Hall–Kier alpha value is -3.39. The summed E-state index contributed by atoms with van der Waals surface area (Å²) in [6.07, 6.45) is 0.466. The molecule has 0 saturated carbocycles. The van der Waals surface area contributed by atoms with Crippen LogP contribution in [0.5, 0.6) is 11.5 Å². The van der Waals surface area contributed by atoms with Crippen LogP contribution in [0.15, 0.2) is 42.5 Å². The zero-order valence-corrected chi connectivity index (χ0v) is 18.4. The second-order valence-electron chi connectivity index (χ2n) is 7.53. The first-order valence-corrected chi connectivity index (χ1v) is 10.7. The van der Waals surface area contributed by atoms with Crippen LogP contribution in [-0.4, -0.2) is 30.2 Å². The van der Waals surface area contributed by atoms with Crippen LogP contribution in [-0.2, 0) is 17.8 Å². The van der Waals surface area contributed by atoms with Crippen molar-refractivity contribution in [2.45, 2.75) is 32.9 Å². The van der Waals surface area contributed by atoms with E-state index in [0.717, 1.165) is 0 Å². The fraction of sp³-hybridized carbons (Fsp3) is 0.250. The van der Waals surface area contributed by atoms with Crippen molar-refractivity contribution in [1.29, 1.82) is 0 Å². The van der Waals surface area contributed by atoms with Crippen molar-refractivity contribution in [2.24, 2.45) is 0 Å². The summed E-state index contributed by atoms with van der Waals surface area (Å²) in [5.74, 6) is -1.24. The van der Waals surface area contributed by atoms with Crippen molar-refractivity contribution in [1.82, 2.24) is 0 Å². The molecule has 3 aromatic rings. The number of hydrogen-bond acceptors (Lipinski definition) is 4. The molecule has 1 aliphatic heterocycles. The lowest BCUT2D eigenvalue weighted by Crippen LogP contribution is -2.23. The van der Waals surface area contributed by atoms with Gasteiger partial charge in [-0.3, -0.25) is 9.59 Å². The maximum atomic E-state index is 13.5. The number of aliphatic carboxylic acids is 1. The van der Waals surface area contributed by atoms with Gasteiger partial charge in [-0.15, -0.1) is 0 Å². The fourth-order valence-electron chi connectivity index (χ4n) is 4.00. The number of ether oxygens (including phenoxy) is 2. The average molecular weight is 476 g/mol. The number of anilines is 1.